The standard InChI is InChI=1S/C10H20N2O4/c1-3-8(7-13)12(2)10(16)11-6-4-5-9(14)15/h8,13H,3-7H2,1-2H3,(H,11,16)(H,14,15). The van der Waals surface area contributed by atoms with E-state index in [1.165, 1.54) is 4.90 Å². The number of nitrogens with zero attached hydrogens (tertiary/aromatic N) is 1. The summed E-state index contributed by atoms with van der Waals surface area (Å²) in [5, 5.41) is 20.0. The zero-order valence-electron chi connectivity index (χ0n) is 9.77. The summed E-state index contributed by atoms with van der Waals surface area (Å²) in [6, 6.07) is -0.481. The SMILES string of the molecule is CCC(CO)N(C)C(=O)NCCCC(=O)O. The molecule has 0 aliphatic carbocycles. The molecule has 6 nitrogen and oxygen atoms in total. The van der Waals surface area contributed by atoms with E-state index in [4.69, 9.17) is 10.2 Å². The molecule has 0 saturated carbocycles. The van der Waals surface area contributed by atoms with Gasteiger partial charge in [-0.3, -0.25) is 4.79 Å². The van der Waals surface area contributed by atoms with Gasteiger partial charge in [-0.1, -0.05) is 6.92 Å². The molecule has 16 heavy (non-hydrogen) atoms. The summed E-state index contributed by atoms with van der Waals surface area (Å²) in [7, 11) is 1.61. The quantitative estimate of drug-likeness (QED) is 0.549. The van der Waals surface area contributed by atoms with Crippen molar-refractivity contribution in [1.29, 1.82) is 0 Å². The van der Waals surface area contributed by atoms with Gasteiger partial charge in [-0.25, -0.2) is 4.79 Å². The Bertz CT molecular complexity index is 229. The van der Waals surface area contributed by atoms with Gasteiger partial charge in [0, 0.05) is 20.0 Å². The number of carbonyl (C=O) groups is 2. The Balaban J connectivity index is 3.83. The first-order valence-corrected chi connectivity index (χ1v) is 5.36. The van der Waals surface area contributed by atoms with E-state index in [0.29, 0.717) is 19.4 Å². The van der Waals surface area contributed by atoms with E-state index in [-0.39, 0.29) is 25.1 Å². The van der Waals surface area contributed by atoms with Crippen LogP contribution in [0.5, 0.6) is 0 Å². The van der Waals surface area contributed by atoms with Crippen LogP contribution in [0, 0.1) is 0 Å². The van der Waals surface area contributed by atoms with Gasteiger partial charge >= 0.3 is 12.0 Å². The van der Waals surface area contributed by atoms with E-state index in [1.54, 1.807) is 7.05 Å². The number of likely N-dealkylation sites (N-methyl/N-ethyl adjacent to an activating group) is 1. The maximum Gasteiger partial charge on any atom is 0.317 e. The van der Waals surface area contributed by atoms with Gasteiger partial charge in [0.25, 0.3) is 0 Å². The van der Waals surface area contributed by atoms with Crippen LogP contribution >= 0.6 is 0 Å². The van der Waals surface area contributed by atoms with Gasteiger partial charge in [-0.15, -0.1) is 0 Å². The van der Waals surface area contributed by atoms with Gasteiger partial charge in [0.1, 0.15) is 0 Å². The minimum absolute atomic E-state index is 0.0429. The van der Waals surface area contributed by atoms with E-state index in [0.717, 1.165) is 0 Å². The molecule has 0 radical (unpaired) electrons. The molecule has 0 aromatic carbocycles. The van der Waals surface area contributed by atoms with Crippen molar-refractivity contribution < 1.29 is 19.8 Å². The molecule has 94 valence electrons. The Morgan fingerprint density at radius 1 is 1.44 bits per heavy atom. The number of nitrogens with one attached hydrogen (secondary N) is 1. The van der Waals surface area contributed by atoms with Crippen LogP contribution in [0.2, 0.25) is 0 Å². The molecule has 0 heterocycles. The molecule has 1 atom stereocenters. The van der Waals surface area contributed by atoms with Gasteiger partial charge in [-0.2, -0.15) is 0 Å². The van der Waals surface area contributed by atoms with E-state index in [1.807, 2.05) is 6.92 Å². The van der Waals surface area contributed by atoms with E-state index in [9.17, 15) is 9.59 Å². The number of aliphatic hydroxyl groups is 1. The van der Waals surface area contributed by atoms with Crippen LogP contribution in [0.4, 0.5) is 4.79 Å². The molecule has 1 unspecified atom stereocenters. The molecule has 0 bridgehead atoms. The largest absolute Gasteiger partial charge is 0.481 e. The van der Waals surface area contributed by atoms with Crippen LogP contribution in [0.1, 0.15) is 26.2 Å². The fraction of sp³-hybridized carbons (Fsp3) is 0.800. The summed E-state index contributed by atoms with van der Waals surface area (Å²) in [6.45, 7) is 2.14. The third-order valence-electron chi connectivity index (χ3n) is 2.39. The molecule has 0 rings (SSSR count). The summed E-state index contributed by atoms with van der Waals surface area (Å²) >= 11 is 0. The zero-order valence-corrected chi connectivity index (χ0v) is 9.77. The lowest BCUT2D eigenvalue weighted by molar-refractivity contribution is -0.137. The van der Waals surface area contributed by atoms with Crippen LogP contribution in [0.15, 0.2) is 0 Å². The molecule has 2 amide bonds. The average molecular weight is 232 g/mol. The molecule has 3 N–H and O–H groups in total. The maximum atomic E-state index is 11.5. The lowest BCUT2D eigenvalue weighted by Crippen LogP contribution is -2.45. The molecule has 6 heteroatoms. The summed E-state index contributed by atoms with van der Waals surface area (Å²) in [5.41, 5.74) is 0. The van der Waals surface area contributed by atoms with Crippen LogP contribution in [0.25, 0.3) is 0 Å². The van der Waals surface area contributed by atoms with Crippen molar-refractivity contribution >= 4 is 12.0 Å². The first-order valence-electron chi connectivity index (χ1n) is 5.36. The van der Waals surface area contributed by atoms with Crippen molar-refractivity contribution in [2.75, 3.05) is 20.2 Å². The number of urea groups is 1. The summed E-state index contributed by atoms with van der Waals surface area (Å²) < 4.78 is 0. The van der Waals surface area contributed by atoms with Crippen molar-refractivity contribution in [3.05, 3.63) is 0 Å². The molecule has 0 spiro atoms. The smallest absolute Gasteiger partial charge is 0.317 e. The molecular weight excluding hydrogens is 212 g/mol. The third-order valence-corrected chi connectivity index (χ3v) is 2.39. The lowest BCUT2D eigenvalue weighted by atomic mass is 10.2. The normalized spacial score (nSPS) is 11.9. The van der Waals surface area contributed by atoms with Crippen LogP contribution in [-0.2, 0) is 4.79 Å². The first kappa shape index (κ1) is 14.7. The Hall–Kier alpha value is -1.30. The highest BCUT2D eigenvalue weighted by molar-refractivity contribution is 5.74. The zero-order chi connectivity index (χ0) is 12.6. The van der Waals surface area contributed by atoms with Crippen molar-refractivity contribution in [3.63, 3.8) is 0 Å². The predicted molar refractivity (Wildman–Crippen MR) is 59.2 cm³/mol. The number of carbonyl (C=O) groups excluding carboxylic acids is 1. The van der Waals surface area contributed by atoms with Crippen molar-refractivity contribution in [3.8, 4) is 0 Å². The second-order valence-corrected chi connectivity index (χ2v) is 3.58. The lowest BCUT2D eigenvalue weighted by Gasteiger charge is -2.25. The number of carboxylic acid groups (broad SMARTS) is 1. The summed E-state index contributed by atoms with van der Waals surface area (Å²) in [4.78, 5) is 23.2. The van der Waals surface area contributed by atoms with Gasteiger partial charge < -0.3 is 20.4 Å². The second kappa shape index (κ2) is 7.92. The van der Waals surface area contributed by atoms with Gasteiger partial charge in [-0.05, 0) is 12.8 Å². The predicted octanol–water partition coefficient (Wildman–Crippen LogP) is 0.263. The maximum absolute atomic E-state index is 11.5. The van der Waals surface area contributed by atoms with Crippen LogP contribution < -0.4 is 5.32 Å². The number of rotatable bonds is 7. The van der Waals surface area contributed by atoms with Crippen molar-refractivity contribution in [2.24, 2.45) is 0 Å². The van der Waals surface area contributed by atoms with Crippen molar-refractivity contribution in [2.45, 2.75) is 32.2 Å². The van der Waals surface area contributed by atoms with Crippen LogP contribution in [0.3, 0.4) is 0 Å². The number of aliphatic hydroxyl groups excluding tert-OH is 1. The molecule has 0 aliphatic rings. The second-order valence-electron chi connectivity index (χ2n) is 3.58. The Labute approximate surface area is 95.2 Å². The fourth-order valence-corrected chi connectivity index (χ4v) is 1.25. The van der Waals surface area contributed by atoms with E-state index >= 15 is 0 Å². The number of aliphatic carboxylic acids is 1. The molecule has 0 aromatic heterocycles. The first-order chi connectivity index (χ1) is 7.52. The highest BCUT2D eigenvalue weighted by atomic mass is 16.4. The number of carboxylic acids is 1. The Kier molecular flexibility index (Phi) is 7.28. The number of amides is 2. The highest BCUT2D eigenvalue weighted by Gasteiger charge is 2.16. The third kappa shape index (κ3) is 5.55. The van der Waals surface area contributed by atoms with Gasteiger partial charge in [0.15, 0.2) is 0 Å². The fourth-order valence-electron chi connectivity index (χ4n) is 1.25. The molecule has 0 aromatic rings. The summed E-state index contributed by atoms with van der Waals surface area (Å²) in [6.07, 6.45) is 1.13. The molecular formula is C10H20N2O4. The average Bonchev–Trinajstić information content (AvgIpc) is 2.25. The monoisotopic (exact) mass is 232 g/mol. The molecule has 0 aliphatic heterocycles. The van der Waals surface area contributed by atoms with Crippen LogP contribution in [-0.4, -0.2) is 53.4 Å². The highest BCUT2D eigenvalue weighted by Crippen LogP contribution is 2.00. The van der Waals surface area contributed by atoms with Crippen molar-refractivity contribution in [1.82, 2.24) is 10.2 Å². The minimum Gasteiger partial charge on any atom is -0.481 e. The topological polar surface area (TPSA) is 89.9 Å². The van der Waals surface area contributed by atoms with Gasteiger partial charge in [0.05, 0.1) is 12.6 Å². The van der Waals surface area contributed by atoms with E-state index < -0.39 is 5.97 Å². The number of hydrogen-bond donors (Lipinski definition) is 3. The molecule has 0 saturated heterocycles. The Morgan fingerprint density at radius 3 is 2.50 bits per heavy atom. The van der Waals surface area contributed by atoms with Gasteiger partial charge in [0.2, 0.25) is 0 Å². The summed E-state index contributed by atoms with van der Waals surface area (Å²) in [5.74, 6) is -0.871. The van der Waals surface area contributed by atoms with E-state index in [2.05, 4.69) is 5.32 Å². The minimum atomic E-state index is -0.871. The molecule has 0 fully saturated rings. The number of hydrogen-bond acceptors (Lipinski definition) is 3. The Morgan fingerprint density at radius 2 is 2.06 bits per heavy atom.